The molecule has 1 N–H and O–H groups in total. The number of hydrogen-bond donors (Lipinski definition) is 1. The fourth-order valence-corrected chi connectivity index (χ4v) is 5.58. The van der Waals surface area contributed by atoms with Gasteiger partial charge in [-0.25, -0.2) is 4.99 Å². The largest absolute Gasteiger partial charge is 0.493 e. The number of nitrogens with one attached hydrogen (secondary N) is 1. The molecule has 5 rings (SSSR count). The summed E-state index contributed by atoms with van der Waals surface area (Å²) in [6, 6.07) is 25.7. The molecule has 214 valence electrons. The number of ether oxygens (including phenoxy) is 3. The van der Waals surface area contributed by atoms with E-state index in [0.29, 0.717) is 36.1 Å². The van der Waals surface area contributed by atoms with E-state index in [0.717, 1.165) is 13.1 Å². The SMILES string of the molecule is CCOC(=O)[C@H]1C(=O)NC(N2CCN(C(c3ccccc3)c3ccccc3)CC2)=N[C@@H]1c1ccc(OC)c(OC)c1. The minimum absolute atomic E-state index is 0.121. The van der Waals surface area contributed by atoms with Crippen LogP contribution in [-0.2, 0) is 14.3 Å². The summed E-state index contributed by atoms with van der Waals surface area (Å²) in [5, 5.41) is 2.90. The zero-order chi connectivity index (χ0) is 28.8. The van der Waals surface area contributed by atoms with Gasteiger partial charge in [0.2, 0.25) is 11.9 Å². The molecule has 1 saturated heterocycles. The van der Waals surface area contributed by atoms with E-state index in [2.05, 4.69) is 63.6 Å². The van der Waals surface area contributed by atoms with Crippen LogP contribution in [0.2, 0.25) is 0 Å². The third-order valence-corrected chi connectivity index (χ3v) is 7.59. The van der Waals surface area contributed by atoms with Crippen molar-refractivity contribution in [2.45, 2.75) is 19.0 Å². The third kappa shape index (κ3) is 6.05. The minimum Gasteiger partial charge on any atom is -0.493 e. The number of methoxy groups -OCH3 is 2. The molecule has 2 aliphatic heterocycles. The summed E-state index contributed by atoms with van der Waals surface area (Å²) >= 11 is 0. The lowest BCUT2D eigenvalue weighted by atomic mass is 9.91. The summed E-state index contributed by atoms with van der Waals surface area (Å²) in [4.78, 5) is 35.8. The Labute approximate surface area is 240 Å². The summed E-state index contributed by atoms with van der Waals surface area (Å²) < 4.78 is 16.1. The van der Waals surface area contributed by atoms with Gasteiger partial charge in [0, 0.05) is 26.2 Å². The average molecular weight is 557 g/mol. The number of nitrogens with zero attached hydrogens (tertiary/aromatic N) is 3. The first-order valence-electron chi connectivity index (χ1n) is 13.9. The number of carbonyl (C=O) groups is 2. The normalized spacial score (nSPS) is 19.4. The topological polar surface area (TPSA) is 92.7 Å². The molecule has 0 bridgehead atoms. The molecule has 0 saturated carbocycles. The van der Waals surface area contributed by atoms with Crippen LogP contribution >= 0.6 is 0 Å². The second-order valence-electron chi connectivity index (χ2n) is 9.98. The molecule has 0 radical (unpaired) electrons. The minimum atomic E-state index is -1.11. The standard InChI is InChI=1S/C32H36N4O5/c1-4-41-31(38)27-28(24-15-16-25(39-2)26(21-24)40-3)33-32(34-30(27)37)36-19-17-35(18-20-36)29(22-11-7-5-8-12-22)23-13-9-6-10-14-23/h5-16,21,27-29H,4,17-20H2,1-3H3,(H,33,34,37)/t27-,28-/m1/s1. The van der Waals surface area contributed by atoms with Crippen LogP contribution < -0.4 is 14.8 Å². The van der Waals surface area contributed by atoms with Gasteiger partial charge < -0.3 is 19.1 Å². The number of carbonyl (C=O) groups excluding carboxylic acids is 2. The summed E-state index contributed by atoms with van der Waals surface area (Å²) in [6.45, 7) is 4.76. The van der Waals surface area contributed by atoms with Crippen molar-refractivity contribution in [2.24, 2.45) is 10.9 Å². The maximum atomic E-state index is 13.4. The number of rotatable bonds is 8. The van der Waals surface area contributed by atoms with Crippen molar-refractivity contribution in [3.05, 3.63) is 95.6 Å². The molecule has 9 heteroatoms. The highest BCUT2D eigenvalue weighted by Gasteiger charge is 2.42. The van der Waals surface area contributed by atoms with E-state index in [1.165, 1.54) is 11.1 Å². The number of piperazine rings is 1. The van der Waals surface area contributed by atoms with Gasteiger partial charge in [0.15, 0.2) is 17.4 Å². The first-order chi connectivity index (χ1) is 20.0. The number of esters is 1. The average Bonchev–Trinajstić information content (AvgIpc) is 3.02. The summed E-state index contributed by atoms with van der Waals surface area (Å²) in [6.07, 6.45) is 0. The third-order valence-electron chi connectivity index (χ3n) is 7.59. The van der Waals surface area contributed by atoms with Crippen molar-refractivity contribution >= 4 is 17.8 Å². The fourth-order valence-electron chi connectivity index (χ4n) is 5.58. The molecule has 2 atom stereocenters. The van der Waals surface area contributed by atoms with Crippen LogP contribution in [0, 0.1) is 5.92 Å². The lowest BCUT2D eigenvalue weighted by Gasteiger charge is -2.42. The molecule has 0 unspecified atom stereocenters. The molecule has 2 heterocycles. The van der Waals surface area contributed by atoms with Crippen LogP contribution in [0.15, 0.2) is 83.9 Å². The molecule has 1 fully saturated rings. The zero-order valence-electron chi connectivity index (χ0n) is 23.7. The maximum absolute atomic E-state index is 13.4. The van der Waals surface area contributed by atoms with E-state index in [-0.39, 0.29) is 12.6 Å². The smallest absolute Gasteiger partial charge is 0.321 e. The molecule has 3 aromatic carbocycles. The maximum Gasteiger partial charge on any atom is 0.321 e. The molecule has 0 aliphatic carbocycles. The predicted octanol–water partition coefficient (Wildman–Crippen LogP) is 3.82. The van der Waals surface area contributed by atoms with Crippen LogP contribution in [0.4, 0.5) is 0 Å². The second kappa shape index (κ2) is 12.9. The van der Waals surface area contributed by atoms with Gasteiger partial charge in [-0.15, -0.1) is 0 Å². The van der Waals surface area contributed by atoms with Gasteiger partial charge in [0.05, 0.1) is 26.9 Å². The number of guanidine groups is 1. The Morgan fingerprint density at radius 2 is 1.51 bits per heavy atom. The molecule has 0 spiro atoms. The van der Waals surface area contributed by atoms with Gasteiger partial charge >= 0.3 is 5.97 Å². The number of hydrogen-bond acceptors (Lipinski definition) is 8. The molecule has 9 nitrogen and oxygen atoms in total. The van der Waals surface area contributed by atoms with Crippen LogP contribution in [0.25, 0.3) is 0 Å². The molecule has 0 aromatic heterocycles. The van der Waals surface area contributed by atoms with Crippen LogP contribution in [0.1, 0.15) is 35.7 Å². The predicted molar refractivity (Wildman–Crippen MR) is 156 cm³/mol. The van der Waals surface area contributed by atoms with Gasteiger partial charge in [-0.3, -0.25) is 19.8 Å². The highest BCUT2D eigenvalue weighted by atomic mass is 16.5. The fraction of sp³-hybridized carbons (Fsp3) is 0.344. The van der Waals surface area contributed by atoms with Gasteiger partial charge in [-0.2, -0.15) is 0 Å². The van der Waals surface area contributed by atoms with Crippen molar-refractivity contribution in [1.29, 1.82) is 0 Å². The van der Waals surface area contributed by atoms with Crippen molar-refractivity contribution in [2.75, 3.05) is 47.0 Å². The first kappa shape index (κ1) is 28.2. The van der Waals surface area contributed by atoms with Gasteiger partial charge in [-0.05, 0) is 35.7 Å². The van der Waals surface area contributed by atoms with Gasteiger partial charge in [0.1, 0.15) is 6.04 Å². The molecular formula is C32H36N4O5. The summed E-state index contributed by atoms with van der Waals surface area (Å²) in [5.41, 5.74) is 3.14. The Morgan fingerprint density at radius 1 is 0.902 bits per heavy atom. The lowest BCUT2D eigenvalue weighted by Crippen LogP contribution is -2.57. The van der Waals surface area contributed by atoms with Crippen LogP contribution in [0.3, 0.4) is 0 Å². The van der Waals surface area contributed by atoms with Gasteiger partial charge in [-0.1, -0.05) is 66.7 Å². The Hall–Kier alpha value is -4.37. The molecule has 2 aliphatic rings. The van der Waals surface area contributed by atoms with Crippen LogP contribution in [-0.4, -0.2) is 74.6 Å². The molecule has 1 amide bonds. The zero-order valence-corrected chi connectivity index (χ0v) is 23.7. The van der Waals surface area contributed by atoms with Gasteiger partial charge in [0.25, 0.3) is 0 Å². The Morgan fingerprint density at radius 3 is 2.07 bits per heavy atom. The molecular weight excluding hydrogens is 520 g/mol. The van der Waals surface area contributed by atoms with Crippen molar-refractivity contribution < 1.29 is 23.8 Å². The monoisotopic (exact) mass is 556 g/mol. The Bertz CT molecular complexity index is 1330. The first-order valence-corrected chi connectivity index (χ1v) is 13.9. The quantitative estimate of drug-likeness (QED) is 0.333. The van der Waals surface area contributed by atoms with E-state index in [1.807, 2.05) is 12.1 Å². The lowest BCUT2D eigenvalue weighted by molar-refractivity contribution is -0.153. The van der Waals surface area contributed by atoms with Crippen molar-refractivity contribution in [1.82, 2.24) is 15.1 Å². The molecule has 41 heavy (non-hydrogen) atoms. The van der Waals surface area contributed by atoms with E-state index in [4.69, 9.17) is 19.2 Å². The summed E-state index contributed by atoms with van der Waals surface area (Å²) in [5.74, 6) is -0.634. The van der Waals surface area contributed by atoms with E-state index in [1.54, 1.807) is 39.3 Å². The van der Waals surface area contributed by atoms with E-state index in [9.17, 15) is 9.59 Å². The highest BCUT2D eigenvalue weighted by molar-refractivity contribution is 6.08. The number of benzene rings is 3. The second-order valence-corrected chi connectivity index (χ2v) is 9.98. The van der Waals surface area contributed by atoms with Crippen molar-refractivity contribution in [3.63, 3.8) is 0 Å². The molecule has 3 aromatic rings. The van der Waals surface area contributed by atoms with E-state index < -0.39 is 23.8 Å². The Balaban J connectivity index is 1.41. The highest BCUT2D eigenvalue weighted by Crippen LogP contribution is 2.37. The Kier molecular flexibility index (Phi) is 8.84. The summed E-state index contributed by atoms with van der Waals surface area (Å²) in [7, 11) is 3.10. The van der Waals surface area contributed by atoms with Crippen molar-refractivity contribution in [3.8, 4) is 11.5 Å². The number of amides is 1. The van der Waals surface area contributed by atoms with Crippen LogP contribution in [0.5, 0.6) is 11.5 Å². The van der Waals surface area contributed by atoms with E-state index >= 15 is 0 Å². The number of aliphatic imine (C=N–C) groups is 1.